The molecule has 4 saturated carbocycles. The van der Waals surface area contributed by atoms with Crippen LogP contribution in [0.25, 0.3) is 0 Å². The molecule has 31 heavy (non-hydrogen) atoms. The predicted octanol–water partition coefficient (Wildman–Crippen LogP) is 6.78. The van der Waals surface area contributed by atoms with Crippen LogP contribution in [0.3, 0.4) is 0 Å². The standard InChI is InChI=1S/C28H48O3/c1-17(2)20(26(30)31)10-9-18(3)21-11-12-22-25-23(13-15-28(21,22)5)27(4)14-7-6-8-19(27)16-24(25)29/h17-25,29H,6-16H2,1-5H3,(H,30,31)/t18?,19-,20?,21-,22?,23?,24-,25?,27+,28-/m1/s1. The van der Waals surface area contributed by atoms with Crippen LogP contribution in [-0.2, 0) is 4.79 Å². The molecule has 0 saturated heterocycles. The maximum Gasteiger partial charge on any atom is 0.306 e. The van der Waals surface area contributed by atoms with E-state index in [0.717, 1.165) is 25.2 Å². The van der Waals surface area contributed by atoms with Crippen LogP contribution >= 0.6 is 0 Å². The summed E-state index contributed by atoms with van der Waals surface area (Å²) in [6.45, 7) is 11.6. The molecule has 10 atom stereocenters. The fraction of sp³-hybridized carbons (Fsp3) is 0.964. The number of carbonyl (C=O) groups is 1. The van der Waals surface area contributed by atoms with Crippen molar-refractivity contribution in [2.75, 3.05) is 0 Å². The molecule has 0 radical (unpaired) electrons. The molecule has 0 aromatic carbocycles. The minimum absolute atomic E-state index is 0.0998. The highest BCUT2D eigenvalue weighted by atomic mass is 16.4. The lowest BCUT2D eigenvalue weighted by molar-refractivity contribution is -0.164. The van der Waals surface area contributed by atoms with Gasteiger partial charge in [-0.3, -0.25) is 4.79 Å². The first kappa shape index (κ1) is 23.6. The molecular formula is C28H48O3. The molecule has 3 heteroatoms. The van der Waals surface area contributed by atoms with Gasteiger partial charge in [0.05, 0.1) is 12.0 Å². The van der Waals surface area contributed by atoms with E-state index in [1.807, 2.05) is 13.8 Å². The number of carboxylic acid groups (broad SMARTS) is 1. The van der Waals surface area contributed by atoms with Crippen LogP contribution in [-0.4, -0.2) is 22.3 Å². The third kappa shape index (κ3) is 3.89. The molecule has 0 spiro atoms. The lowest BCUT2D eigenvalue weighted by Gasteiger charge is -2.62. The van der Waals surface area contributed by atoms with E-state index >= 15 is 0 Å². The average Bonchev–Trinajstić information content (AvgIpc) is 3.05. The van der Waals surface area contributed by atoms with Crippen LogP contribution in [0.2, 0.25) is 0 Å². The summed E-state index contributed by atoms with van der Waals surface area (Å²) in [5.41, 5.74) is 0.787. The first-order chi connectivity index (χ1) is 14.6. The number of hydrogen-bond acceptors (Lipinski definition) is 2. The summed E-state index contributed by atoms with van der Waals surface area (Å²) in [5, 5.41) is 21.0. The van der Waals surface area contributed by atoms with Gasteiger partial charge in [-0.25, -0.2) is 0 Å². The highest BCUT2D eigenvalue weighted by Gasteiger charge is 2.62. The summed E-state index contributed by atoms with van der Waals surface area (Å²) in [4.78, 5) is 11.7. The van der Waals surface area contributed by atoms with Crippen LogP contribution in [0.4, 0.5) is 0 Å². The Kier molecular flexibility index (Phi) is 6.58. The van der Waals surface area contributed by atoms with Gasteiger partial charge < -0.3 is 10.2 Å². The van der Waals surface area contributed by atoms with Gasteiger partial charge in [-0.15, -0.1) is 0 Å². The number of aliphatic hydroxyl groups is 1. The number of aliphatic carboxylic acids is 1. The molecule has 2 N–H and O–H groups in total. The number of carboxylic acids is 1. The number of aliphatic hydroxyl groups excluding tert-OH is 1. The largest absolute Gasteiger partial charge is 0.481 e. The van der Waals surface area contributed by atoms with Gasteiger partial charge in [-0.1, -0.05) is 47.5 Å². The highest BCUT2D eigenvalue weighted by Crippen LogP contribution is 2.68. The van der Waals surface area contributed by atoms with Crippen molar-refractivity contribution in [3.05, 3.63) is 0 Å². The normalized spacial score (nSPS) is 46.7. The predicted molar refractivity (Wildman–Crippen MR) is 126 cm³/mol. The summed E-state index contributed by atoms with van der Waals surface area (Å²) in [7, 11) is 0. The average molecular weight is 433 g/mol. The van der Waals surface area contributed by atoms with E-state index in [1.165, 1.54) is 51.4 Å². The van der Waals surface area contributed by atoms with E-state index in [0.29, 0.717) is 40.4 Å². The minimum Gasteiger partial charge on any atom is -0.481 e. The third-order valence-corrected chi connectivity index (χ3v) is 11.4. The third-order valence-electron chi connectivity index (χ3n) is 11.4. The molecular weight excluding hydrogens is 384 g/mol. The molecule has 4 rings (SSSR count). The van der Waals surface area contributed by atoms with Crippen molar-refractivity contribution in [3.8, 4) is 0 Å². The Bertz CT molecular complexity index is 659. The summed E-state index contributed by atoms with van der Waals surface area (Å²) >= 11 is 0. The lowest BCUT2D eigenvalue weighted by Crippen LogP contribution is -2.57. The maximum atomic E-state index is 11.7. The van der Waals surface area contributed by atoms with Crippen LogP contribution in [0.1, 0.15) is 105 Å². The van der Waals surface area contributed by atoms with Crippen LogP contribution < -0.4 is 0 Å². The van der Waals surface area contributed by atoms with Gasteiger partial charge in [0.15, 0.2) is 0 Å². The molecule has 5 unspecified atom stereocenters. The van der Waals surface area contributed by atoms with E-state index in [-0.39, 0.29) is 17.9 Å². The minimum atomic E-state index is -0.626. The zero-order chi connectivity index (χ0) is 22.6. The quantitative estimate of drug-likeness (QED) is 0.486. The van der Waals surface area contributed by atoms with Crippen molar-refractivity contribution in [1.82, 2.24) is 0 Å². The first-order valence-electron chi connectivity index (χ1n) is 13.5. The molecule has 0 aromatic heterocycles. The monoisotopic (exact) mass is 432 g/mol. The van der Waals surface area contributed by atoms with Crippen molar-refractivity contribution in [3.63, 3.8) is 0 Å². The summed E-state index contributed by atoms with van der Waals surface area (Å²) in [6.07, 6.45) is 13.4. The zero-order valence-corrected chi connectivity index (χ0v) is 20.8. The van der Waals surface area contributed by atoms with E-state index in [2.05, 4.69) is 20.8 Å². The zero-order valence-electron chi connectivity index (χ0n) is 20.8. The number of fused-ring (bicyclic) bond motifs is 5. The van der Waals surface area contributed by atoms with E-state index < -0.39 is 5.97 Å². The Labute approximate surface area is 190 Å². The van der Waals surface area contributed by atoms with Gasteiger partial charge in [0, 0.05) is 0 Å². The van der Waals surface area contributed by atoms with Gasteiger partial charge in [0.25, 0.3) is 0 Å². The summed E-state index contributed by atoms with van der Waals surface area (Å²) in [5.74, 6) is 3.23. The van der Waals surface area contributed by atoms with Gasteiger partial charge in [-0.05, 0) is 110 Å². The molecule has 0 bridgehead atoms. The second-order valence-corrected chi connectivity index (χ2v) is 13.0. The molecule has 0 heterocycles. The molecule has 0 amide bonds. The van der Waals surface area contributed by atoms with E-state index in [4.69, 9.17) is 0 Å². The van der Waals surface area contributed by atoms with Gasteiger partial charge >= 0.3 is 5.97 Å². The molecule has 178 valence electrons. The van der Waals surface area contributed by atoms with Gasteiger partial charge in [0.1, 0.15) is 0 Å². The maximum absolute atomic E-state index is 11.7. The Balaban J connectivity index is 1.49. The van der Waals surface area contributed by atoms with Gasteiger partial charge in [-0.2, -0.15) is 0 Å². The second kappa shape index (κ2) is 8.65. The molecule has 4 aliphatic carbocycles. The summed E-state index contributed by atoms with van der Waals surface area (Å²) in [6, 6.07) is 0. The fourth-order valence-electron chi connectivity index (χ4n) is 9.62. The van der Waals surface area contributed by atoms with Crippen molar-refractivity contribution in [2.45, 2.75) is 111 Å². The van der Waals surface area contributed by atoms with Crippen molar-refractivity contribution in [2.24, 2.45) is 58.2 Å². The Morgan fingerprint density at radius 1 is 0.935 bits per heavy atom. The molecule has 0 aromatic rings. The number of rotatable bonds is 6. The highest BCUT2D eigenvalue weighted by molar-refractivity contribution is 5.70. The molecule has 4 aliphatic rings. The van der Waals surface area contributed by atoms with Crippen LogP contribution in [0.15, 0.2) is 0 Å². The molecule has 3 nitrogen and oxygen atoms in total. The van der Waals surface area contributed by atoms with Crippen LogP contribution in [0, 0.1) is 58.2 Å². The smallest absolute Gasteiger partial charge is 0.306 e. The van der Waals surface area contributed by atoms with Gasteiger partial charge in [0.2, 0.25) is 0 Å². The lowest BCUT2D eigenvalue weighted by atomic mass is 9.44. The van der Waals surface area contributed by atoms with Crippen molar-refractivity contribution in [1.29, 1.82) is 0 Å². The molecule has 0 aliphatic heterocycles. The topological polar surface area (TPSA) is 57.5 Å². The van der Waals surface area contributed by atoms with Crippen molar-refractivity contribution >= 4 is 5.97 Å². The second-order valence-electron chi connectivity index (χ2n) is 13.0. The first-order valence-corrected chi connectivity index (χ1v) is 13.5. The van der Waals surface area contributed by atoms with E-state index in [9.17, 15) is 15.0 Å². The Morgan fingerprint density at radius 3 is 2.32 bits per heavy atom. The molecule has 4 fully saturated rings. The Hall–Kier alpha value is -0.570. The SMILES string of the molecule is CC(C)C(CCC(C)[C@H]1CCC2C3C(CC[C@@]21C)[C@@]1(C)CCCC[C@@H]1C[C@H]3O)C(=O)O. The number of hydrogen-bond donors (Lipinski definition) is 2. The van der Waals surface area contributed by atoms with Crippen molar-refractivity contribution < 1.29 is 15.0 Å². The fourth-order valence-corrected chi connectivity index (χ4v) is 9.62. The van der Waals surface area contributed by atoms with Crippen LogP contribution in [0.5, 0.6) is 0 Å². The summed E-state index contributed by atoms with van der Waals surface area (Å²) < 4.78 is 0. The Morgan fingerprint density at radius 2 is 1.65 bits per heavy atom. The van der Waals surface area contributed by atoms with E-state index in [1.54, 1.807) is 0 Å².